The summed E-state index contributed by atoms with van der Waals surface area (Å²) in [6, 6.07) is 12.5. The van der Waals surface area contributed by atoms with Crippen LogP contribution in [0.2, 0.25) is 0 Å². The molecule has 0 bridgehead atoms. The number of amides is 1. The number of halogens is 3. The molecular weight excluding hydrogens is 395 g/mol. The van der Waals surface area contributed by atoms with E-state index in [2.05, 4.69) is 20.9 Å². The van der Waals surface area contributed by atoms with Gasteiger partial charge in [0.2, 0.25) is 5.91 Å². The summed E-state index contributed by atoms with van der Waals surface area (Å²) in [5.41, 5.74) is 1.42. The maximum Gasteiger partial charge on any atom is 0.416 e. The molecular formula is C21H26F3N5O. The predicted octanol–water partition coefficient (Wildman–Crippen LogP) is 3.07. The second-order valence-electron chi connectivity index (χ2n) is 6.96. The molecule has 1 amide bonds. The number of alkyl halides is 3. The maximum atomic E-state index is 12.8. The maximum absolute atomic E-state index is 12.8. The van der Waals surface area contributed by atoms with Crippen molar-refractivity contribution in [3.05, 3.63) is 65.2 Å². The molecule has 0 aliphatic carbocycles. The lowest BCUT2D eigenvalue weighted by atomic mass is 10.1. The molecule has 2 aromatic carbocycles. The van der Waals surface area contributed by atoms with E-state index in [1.807, 2.05) is 32.3 Å². The number of anilines is 1. The zero-order valence-electron chi connectivity index (χ0n) is 17.2. The molecule has 2 rings (SSSR count). The number of hydrogen-bond acceptors (Lipinski definition) is 3. The molecule has 0 heterocycles. The van der Waals surface area contributed by atoms with Crippen LogP contribution in [0.5, 0.6) is 0 Å². The summed E-state index contributed by atoms with van der Waals surface area (Å²) in [7, 11) is 5.22. The second-order valence-corrected chi connectivity index (χ2v) is 6.96. The van der Waals surface area contributed by atoms with Crippen LogP contribution in [-0.4, -0.2) is 44.5 Å². The van der Waals surface area contributed by atoms with Crippen molar-refractivity contribution in [1.82, 2.24) is 15.5 Å². The first kappa shape index (κ1) is 23.2. The van der Waals surface area contributed by atoms with Crippen molar-refractivity contribution >= 4 is 17.6 Å². The second kappa shape index (κ2) is 10.6. The molecule has 0 aliphatic heterocycles. The van der Waals surface area contributed by atoms with Gasteiger partial charge in [-0.05, 0) is 49.5 Å². The number of benzene rings is 2. The summed E-state index contributed by atoms with van der Waals surface area (Å²) in [5.74, 6) is 0.345. The summed E-state index contributed by atoms with van der Waals surface area (Å²) in [6.45, 7) is 0.915. The fourth-order valence-electron chi connectivity index (χ4n) is 2.70. The van der Waals surface area contributed by atoms with Gasteiger partial charge in [-0.2, -0.15) is 13.2 Å². The number of likely N-dealkylation sites (N-methyl/N-ethyl adjacent to an activating group) is 1. The van der Waals surface area contributed by atoms with E-state index in [0.717, 1.165) is 17.7 Å². The zero-order valence-corrected chi connectivity index (χ0v) is 17.2. The van der Waals surface area contributed by atoms with Crippen molar-refractivity contribution in [3.8, 4) is 0 Å². The molecule has 9 heteroatoms. The summed E-state index contributed by atoms with van der Waals surface area (Å²) < 4.78 is 38.5. The molecule has 0 atom stereocenters. The molecule has 3 N–H and O–H groups in total. The molecule has 0 saturated carbocycles. The Bertz CT molecular complexity index is 881. The van der Waals surface area contributed by atoms with E-state index in [0.29, 0.717) is 23.8 Å². The van der Waals surface area contributed by atoms with Gasteiger partial charge in [-0.15, -0.1) is 0 Å². The van der Waals surface area contributed by atoms with E-state index in [1.54, 1.807) is 24.1 Å². The molecule has 0 aliphatic rings. The highest BCUT2D eigenvalue weighted by atomic mass is 19.4. The largest absolute Gasteiger partial charge is 0.416 e. The van der Waals surface area contributed by atoms with Gasteiger partial charge >= 0.3 is 6.18 Å². The van der Waals surface area contributed by atoms with Gasteiger partial charge in [0.25, 0.3) is 0 Å². The number of carbonyl (C=O) groups excluding carboxylic acids is 1. The van der Waals surface area contributed by atoms with Gasteiger partial charge in [0.15, 0.2) is 5.96 Å². The number of nitrogens with one attached hydrogen (secondary N) is 3. The Labute approximate surface area is 174 Å². The van der Waals surface area contributed by atoms with Crippen molar-refractivity contribution < 1.29 is 18.0 Å². The average molecular weight is 421 g/mol. The van der Waals surface area contributed by atoms with Crippen LogP contribution in [0.15, 0.2) is 53.5 Å². The van der Waals surface area contributed by atoms with E-state index >= 15 is 0 Å². The molecule has 0 spiro atoms. The molecule has 0 fully saturated rings. The minimum atomic E-state index is -4.37. The van der Waals surface area contributed by atoms with Crippen LogP contribution in [0.1, 0.15) is 16.7 Å². The SMILES string of the molecule is CN=C(NCc1cccc(NC(=O)CN(C)C)c1)NCc1cccc(C(F)(F)F)c1. The fraction of sp³-hybridized carbons (Fsp3) is 0.333. The summed E-state index contributed by atoms with van der Waals surface area (Å²) in [6.07, 6.45) is -4.37. The Morgan fingerprint density at radius 2 is 1.60 bits per heavy atom. The van der Waals surface area contributed by atoms with Gasteiger partial charge < -0.3 is 20.9 Å². The average Bonchev–Trinajstić information content (AvgIpc) is 2.67. The standard InChI is InChI=1S/C21H26F3N5O/c1-25-20(26-12-15-6-4-8-17(10-15)21(22,23)24)27-13-16-7-5-9-18(11-16)28-19(30)14-29(2)3/h4-11H,12-14H2,1-3H3,(H,28,30)(H2,25,26,27). The Balaban J connectivity index is 1.90. The minimum absolute atomic E-state index is 0.108. The number of nitrogens with zero attached hydrogens (tertiary/aromatic N) is 2. The normalized spacial score (nSPS) is 12.0. The Kier molecular flexibility index (Phi) is 8.23. The van der Waals surface area contributed by atoms with Crippen LogP contribution in [0.25, 0.3) is 0 Å². The highest BCUT2D eigenvalue weighted by molar-refractivity contribution is 5.92. The fourth-order valence-corrected chi connectivity index (χ4v) is 2.70. The number of guanidine groups is 1. The monoisotopic (exact) mass is 421 g/mol. The number of hydrogen-bond donors (Lipinski definition) is 3. The minimum Gasteiger partial charge on any atom is -0.352 e. The quantitative estimate of drug-likeness (QED) is 0.475. The van der Waals surface area contributed by atoms with E-state index in [4.69, 9.17) is 0 Å². The highest BCUT2D eigenvalue weighted by Crippen LogP contribution is 2.29. The van der Waals surface area contributed by atoms with E-state index < -0.39 is 11.7 Å². The number of aliphatic imine (C=N–C) groups is 1. The van der Waals surface area contributed by atoms with Gasteiger partial charge in [0.1, 0.15) is 0 Å². The van der Waals surface area contributed by atoms with E-state index in [9.17, 15) is 18.0 Å². The third kappa shape index (κ3) is 7.75. The first-order valence-corrected chi connectivity index (χ1v) is 9.31. The van der Waals surface area contributed by atoms with Gasteiger partial charge in [0, 0.05) is 25.8 Å². The topological polar surface area (TPSA) is 68.8 Å². The van der Waals surface area contributed by atoms with Gasteiger partial charge in [-0.1, -0.05) is 24.3 Å². The lowest BCUT2D eigenvalue weighted by Crippen LogP contribution is -2.36. The lowest BCUT2D eigenvalue weighted by Gasteiger charge is -2.14. The third-order valence-electron chi connectivity index (χ3n) is 4.07. The van der Waals surface area contributed by atoms with Crippen LogP contribution in [0.4, 0.5) is 18.9 Å². The summed E-state index contributed by atoms with van der Waals surface area (Å²) >= 11 is 0. The summed E-state index contributed by atoms with van der Waals surface area (Å²) in [5, 5.41) is 8.94. The van der Waals surface area contributed by atoms with Crippen LogP contribution in [0.3, 0.4) is 0 Å². The van der Waals surface area contributed by atoms with Crippen molar-refractivity contribution in [2.75, 3.05) is 33.0 Å². The van der Waals surface area contributed by atoms with Crippen molar-refractivity contribution in [3.63, 3.8) is 0 Å². The first-order chi connectivity index (χ1) is 14.2. The lowest BCUT2D eigenvalue weighted by molar-refractivity contribution is -0.137. The molecule has 6 nitrogen and oxygen atoms in total. The van der Waals surface area contributed by atoms with Crippen molar-refractivity contribution in [2.24, 2.45) is 4.99 Å². The number of carbonyl (C=O) groups is 1. The van der Waals surface area contributed by atoms with Crippen LogP contribution in [0, 0.1) is 0 Å². The van der Waals surface area contributed by atoms with Crippen LogP contribution in [-0.2, 0) is 24.1 Å². The van der Waals surface area contributed by atoms with Gasteiger partial charge in [-0.3, -0.25) is 9.79 Å². The molecule has 0 unspecified atom stereocenters. The van der Waals surface area contributed by atoms with E-state index in [-0.39, 0.29) is 19.0 Å². The van der Waals surface area contributed by atoms with Gasteiger partial charge in [-0.25, -0.2) is 0 Å². The third-order valence-corrected chi connectivity index (χ3v) is 4.07. The zero-order chi connectivity index (χ0) is 22.1. The number of rotatable bonds is 7. The molecule has 2 aromatic rings. The van der Waals surface area contributed by atoms with Crippen LogP contribution >= 0.6 is 0 Å². The van der Waals surface area contributed by atoms with Gasteiger partial charge in [0.05, 0.1) is 12.1 Å². The molecule has 30 heavy (non-hydrogen) atoms. The molecule has 0 radical (unpaired) electrons. The van der Waals surface area contributed by atoms with Crippen molar-refractivity contribution in [2.45, 2.75) is 19.3 Å². The first-order valence-electron chi connectivity index (χ1n) is 9.31. The van der Waals surface area contributed by atoms with Crippen LogP contribution < -0.4 is 16.0 Å². The summed E-state index contributed by atoms with van der Waals surface area (Å²) in [4.78, 5) is 17.8. The Morgan fingerprint density at radius 1 is 1.00 bits per heavy atom. The molecule has 162 valence electrons. The van der Waals surface area contributed by atoms with Crippen molar-refractivity contribution in [1.29, 1.82) is 0 Å². The Hall–Kier alpha value is -3.07. The highest BCUT2D eigenvalue weighted by Gasteiger charge is 2.30. The smallest absolute Gasteiger partial charge is 0.352 e. The molecule has 0 saturated heterocycles. The molecule has 0 aromatic heterocycles. The Morgan fingerprint density at radius 3 is 2.17 bits per heavy atom. The van der Waals surface area contributed by atoms with E-state index in [1.165, 1.54) is 6.07 Å². The predicted molar refractivity (Wildman–Crippen MR) is 112 cm³/mol.